The molecular weight excluding hydrogens is 382 g/mol. The van der Waals surface area contributed by atoms with Crippen molar-refractivity contribution in [2.75, 3.05) is 19.6 Å². The molecule has 1 aromatic carbocycles. The maximum absolute atomic E-state index is 12.2. The Kier molecular flexibility index (Phi) is 6.32. The van der Waals surface area contributed by atoms with E-state index in [9.17, 15) is 4.79 Å². The summed E-state index contributed by atoms with van der Waals surface area (Å²) in [4.78, 5) is 19.0. The first-order valence-corrected chi connectivity index (χ1v) is 11.6. The average molecular weight is 414 g/mol. The third kappa shape index (κ3) is 5.05. The van der Waals surface area contributed by atoms with Crippen LogP contribution in [-0.4, -0.2) is 47.1 Å². The molecule has 0 saturated carbocycles. The van der Waals surface area contributed by atoms with Crippen LogP contribution in [0, 0.1) is 6.92 Å². The first-order valence-electron chi connectivity index (χ1n) is 10.7. The van der Waals surface area contributed by atoms with Crippen LogP contribution in [-0.2, 0) is 17.7 Å². The number of benzene rings is 1. The minimum atomic E-state index is -0.0946. The summed E-state index contributed by atoms with van der Waals surface area (Å²) in [6.45, 7) is 7.86. The maximum Gasteiger partial charge on any atom is 0.270 e. The monoisotopic (exact) mass is 413 g/mol. The molecule has 0 aliphatic carbocycles. The zero-order chi connectivity index (χ0) is 20.3. The molecule has 1 unspecified atom stereocenters. The van der Waals surface area contributed by atoms with E-state index in [4.69, 9.17) is 4.74 Å². The fourth-order valence-electron chi connectivity index (χ4n) is 4.43. The molecule has 29 heavy (non-hydrogen) atoms. The predicted octanol–water partition coefficient (Wildman–Crippen LogP) is 3.96. The summed E-state index contributed by atoms with van der Waals surface area (Å²) in [5, 5.41) is 5.73. The fraction of sp³-hybridized carbons (Fsp3) is 0.565. The van der Waals surface area contributed by atoms with Crippen molar-refractivity contribution in [3.05, 3.63) is 51.5 Å². The summed E-state index contributed by atoms with van der Waals surface area (Å²) in [6.07, 6.45) is 5.49. The van der Waals surface area contributed by atoms with E-state index in [2.05, 4.69) is 46.4 Å². The van der Waals surface area contributed by atoms with Gasteiger partial charge in [-0.05, 0) is 50.2 Å². The number of carbonyl (C=O) groups excluding carboxylic acids is 1. The molecule has 2 aliphatic heterocycles. The standard InChI is InChI=1S/C23H31N3O2S/c1-3-18-4-6-19(7-5-18)15-26-12-10-23(11-13-26)9-8-20(28-23)14-24-22(27)21-16-29-17(2)25-21/h4-7,16,20H,3,8-15H2,1-2H3,(H,24,27). The Bertz CT molecular complexity index is 825. The van der Waals surface area contributed by atoms with E-state index in [0.29, 0.717) is 12.2 Å². The molecule has 1 aromatic heterocycles. The van der Waals surface area contributed by atoms with Crippen molar-refractivity contribution in [2.24, 2.45) is 0 Å². The number of thiazole rings is 1. The van der Waals surface area contributed by atoms with Crippen LogP contribution >= 0.6 is 11.3 Å². The molecule has 2 fully saturated rings. The number of carbonyl (C=O) groups is 1. The molecule has 2 aromatic rings. The van der Waals surface area contributed by atoms with E-state index < -0.39 is 0 Å². The number of likely N-dealkylation sites (tertiary alicyclic amines) is 1. The highest BCUT2D eigenvalue weighted by Gasteiger charge is 2.42. The molecular formula is C23H31N3O2S. The van der Waals surface area contributed by atoms with Crippen LogP contribution in [0.15, 0.2) is 29.6 Å². The van der Waals surface area contributed by atoms with Crippen molar-refractivity contribution in [1.82, 2.24) is 15.2 Å². The highest BCUT2D eigenvalue weighted by molar-refractivity contribution is 7.09. The molecule has 1 N–H and O–H groups in total. The maximum atomic E-state index is 12.2. The van der Waals surface area contributed by atoms with Crippen molar-refractivity contribution in [3.8, 4) is 0 Å². The summed E-state index contributed by atoms with van der Waals surface area (Å²) >= 11 is 1.50. The van der Waals surface area contributed by atoms with Gasteiger partial charge in [-0.25, -0.2) is 4.98 Å². The number of ether oxygens (including phenoxy) is 1. The Hall–Kier alpha value is -1.76. The molecule has 0 bridgehead atoms. The normalized spacial score (nSPS) is 21.5. The Labute approximate surface area is 177 Å². The van der Waals surface area contributed by atoms with Crippen LogP contribution in [0.3, 0.4) is 0 Å². The summed E-state index contributed by atoms with van der Waals surface area (Å²) in [5.74, 6) is -0.0946. The van der Waals surface area contributed by atoms with Crippen LogP contribution in [0.4, 0.5) is 0 Å². The summed E-state index contributed by atoms with van der Waals surface area (Å²) in [6, 6.07) is 9.01. The third-order valence-corrected chi connectivity index (χ3v) is 7.06. The lowest BCUT2D eigenvalue weighted by atomic mass is 9.88. The van der Waals surface area contributed by atoms with Crippen LogP contribution in [0.2, 0.25) is 0 Å². The van der Waals surface area contributed by atoms with Gasteiger partial charge in [-0.1, -0.05) is 31.2 Å². The highest BCUT2D eigenvalue weighted by atomic mass is 32.1. The molecule has 6 heteroatoms. The molecule has 4 rings (SSSR count). The number of hydrogen-bond donors (Lipinski definition) is 1. The van der Waals surface area contributed by atoms with E-state index >= 15 is 0 Å². The van der Waals surface area contributed by atoms with Crippen LogP contribution in [0.25, 0.3) is 0 Å². The Morgan fingerprint density at radius 3 is 2.62 bits per heavy atom. The molecule has 0 radical (unpaired) electrons. The van der Waals surface area contributed by atoms with Crippen molar-refractivity contribution in [2.45, 2.75) is 64.2 Å². The van der Waals surface area contributed by atoms with Gasteiger partial charge in [0.25, 0.3) is 5.91 Å². The number of piperidine rings is 1. The SMILES string of the molecule is CCc1ccc(CN2CCC3(CCC(CNC(=O)c4csc(C)n4)O3)CC2)cc1. The topological polar surface area (TPSA) is 54.5 Å². The number of nitrogens with zero attached hydrogens (tertiary/aromatic N) is 2. The minimum absolute atomic E-state index is 0.00911. The second-order valence-corrected chi connectivity index (χ2v) is 9.43. The molecule has 5 nitrogen and oxygen atoms in total. The van der Waals surface area contributed by atoms with E-state index in [1.807, 2.05) is 12.3 Å². The minimum Gasteiger partial charge on any atom is -0.370 e. The first-order chi connectivity index (χ1) is 14.0. The van der Waals surface area contributed by atoms with Gasteiger partial charge < -0.3 is 10.1 Å². The molecule has 156 valence electrons. The number of amides is 1. The second kappa shape index (κ2) is 8.94. The van der Waals surface area contributed by atoms with E-state index in [-0.39, 0.29) is 17.6 Å². The molecule has 1 amide bonds. The molecule has 2 saturated heterocycles. The van der Waals surface area contributed by atoms with Gasteiger partial charge in [0.05, 0.1) is 16.7 Å². The van der Waals surface area contributed by atoms with Crippen molar-refractivity contribution >= 4 is 17.2 Å². The van der Waals surface area contributed by atoms with E-state index in [1.165, 1.54) is 22.5 Å². The van der Waals surface area contributed by atoms with Gasteiger partial charge in [0, 0.05) is 31.6 Å². The van der Waals surface area contributed by atoms with Gasteiger partial charge in [0.1, 0.15) is 5.69 Å². The molecule has 3 heterocycles. The van der Waals surface area contributed by atoms with Crippen LogP contribution in [0.1, 0.15) is 59.2 Å². The summed E-state index contributed by atoms with van der Waals surface area (Å²) in [7, 11) is 0. The van der Waals surface area contributed by atoms with Crippen molar-refractivity contribution in [3.63, 3.8) is 0 Å². The Balaban J connectivity index is 1.22. The molecule has 1 atom stereocenters. The first kappa shape index (κ1) is 20.5. The van der Waals surface area contributed by atoms with Crippen LogP contribution < -0.4 is 5.32 Å². The number of rotatable bonds is 6. The molecule has 1 spiro atoms. The lowest BCUT2D eigenvalue weighted by molar-refractivity contribution is -0.0764. The lowest BCUT2D eigenvalue weighted by Crippen LogP contribution is -2.44. The van der Waals surface area contributed by atoms with Gasteiger partial charge in [0.2, 0.25) is 0 Å². The Morgan fingerprint density at radius 1 is 1.24 bits per heavy atom. The fourth-order valence-corrected chi connectivity index (χ4v) is 5.02. The zero-order valence-electron chi connectivity index (χ0n) is 17.4. The average Bonchev–Trinajstić information content (AvgIpc) is 3.35. The highest BCUT2D eigenvalue weighted by Crippen LogP contribution is 2.39. The number of aryl methyl sites for hydroxylation is 2. The zero-order valence-corrected chi connectivity index (χ0v) is 18.3. The second-order valence-electron chi connectivity index (χ2n) is 8.37. The summed E-state index contributed by atoms with van der Waals surface area (Å²) < 4.78 is 6.45. The van der Waals surface area contributed by atoms with Gasteiger partial charge in [0.15, 0.2) is 0 Å². The van der Waals surface area contributed by atoms with Gasteiger partial charge >= 0.3 is 0 Å². The van der Waals surface area contributed by atoms with E-state index in [0.717, 1.165) is 56.7 Å². The van der Waals surface area contributed by atoms with Crippen LogP contribution in [0.5, 0.6) is 0 Å². The lowest BCUT2D eigenvalue weighted by Gasteiger charge is -2.39. The number of hydrogen-bond acceptors (Lipinski definition) is 5. The number of nitrogens with one attached hydrogen (secondary N) is 1. The molecule has 2 aliphatic rings. The quantitative estimate of drug-likeness (QED) is 0.779. The summed E-state index contributed by atoms with van der Waals surface area (Å²) in [5.41, 5.74) is 3.31. The predicted molar refractivity (Wildman–Crippen MR) is 116 cm³/mol. The van der Waals surface area contributed by atoms with Gasteiger partial charge in [-0.15, -0.1) is 11.3 Å². The van der Waals surface area contributed by atoms with Crippen molar-refractivity contribution < 1.29 is 9.53 Å². The van der Waals surface area contributed by atoms with Gasteiger partial charge in [-0.3, -0.25) is 9.69 Å². The van der Waals surface area contributed by atoms with Crippen molar-refractivity contribution in [1.29, 1.82) is 0 Å². The Morgan fingerprint density at radius 2 is 1.97 bits per heavy atom. The largest absolute Gasteiger partial charge is 0.370 e. The third-order valence-electron chi connectivity index (χ3n) is 6.29. The van der Waals surface area contributed by atoms with E-state index in [1.54, 1.807) is 0 Å². The smallest absolute Gasteiger partial charge is 0.270 e. The number of aromatic nitrogens is 1. The van der Waals surface area contributed by atoms with Gasteiger partial charge in [-0.2, -0.15) is 0 Å².